The third-order valence-electron chi connectivity index (χ3n) is 9.01. The number of rotatable bonds is 7. The van der Waals surface area contributed by atoms with Crippen LogP contribution in [-0.4, -0.2) is 67.4 Å². The third kappa shape index (κ3) is 5.63. The van der Waals surface area contributed by atoms with E-state index in [9.17, 15) is 19.8 Å². The molecule has 10 heteroatoms. The van der Waals surface area contributed by atoms with Gasteiger partial charge in [0.1, 0.15) is 0 Å². The summed E-state index contributed by atoms with van der Waals surface area (Å²) in [7, 11) is 3.80. The van der Waals surface area contributed by atoms with E-state index in [1.54, 1.807) is 17.0 Å². The largest absolute Gasteiger partial charge is 0.478 e. The molecule has 10 nitrogen and oxygen atoms in total. The van der Waals surface area contributed by atoms with Crippen LogP contribution in [0.4, 0.5) is 11.4 Å². The Balaban J connectivity index is 1.27. The fourth-order valence-electron chi connectivity index (χ4n) is 6.63. The number of aryl methyl sites for hydroxylation is 2. The molecule has 0 spiro atoms. The summed E-state index contributed by atoms with van der Waals surface area (Å²) in [5.74, 6) is -0.926. The van der Waals surface area contributed by atoms with E-state index in [2.05, 4.69) is 33.3 Å². The minimum atomic E-state index is -1.03. The van der Waals surface area contributed by atoms with Crippen LogP contribution in [0, 0.1) is 11.8 Å². The first-order valence-corrected chi connectivity index (χ1v) is 14.8. The normalized spacial score (nSPS) is 20.1. The Kier molecular flexibility index (Phi) is 7.72. The quantitative estimate of drug-likeness (QED) is 0.317. The van der Waals surface area contributed by atoms with Gasteiger partial charge in [-0.2, -0.15) is 10.2 Å². The van der Waals surface area contributed by atoms with Crippen LogP contribution in [0.2, 0.25) is 0 Å². The number of aliphatic hydroxyl groups excluding tert-OH is 1. The number of amides is 1. The highest BCUT2D eigenvalue weighted by Gasteiger charge is 2.33. The summed E-state index contributed by atoms with van der Waals surface area (Å²) in [6.45, 7) is 2.37. The molecule has 3 heterocycles. The molecule has 2 fully saturated rings. The van der Waals surface area contributed by atoms with Crippen molar-refractivity contribution in [3.63, 3.8) is 0 Å². The van der Waals surface area contributed by atoms with Crippen LogP contribution in [0.15, 0.2) is 48.8 Å². The third-order valence-corrected chi connectivity index (χ3v) is 9.01. The van der Waals surface area contributed by atoms with Crippen LogP contribution >= 0.6 is 0 Å². The van der Waals surface area contributed by atoms with Crippen molar-refractivity contribution in [1.82, 2.24) is 19.6 Å². The molecule has 1 saturated carbocycles. The van der Waals surface area contributed by atoms with Crippen molar-refractivity contribution in [1.29, 1.82) is 0 Å². The number of benzene rings is 2. The van der Waals surface area contributed by atoms with E-state index in [-0.39, 0.29) is 11.8 Å². The van der Waals surface area contributed by atoms with Crippen molar-refractivity contribution < 1.29 is 19.8 Å². The minimum absolute atomic E-state index is 0.0351. The van der Waals surface area contributed by atoms with Gasteiger partial charge in [0.2, 0.25) is 5.91 Å². The molecule has 0 radical (unpaired) electrons. The van der Waals surface area contributed by atoms with E-state index in [0.717, 1.165) is 78.8 Å². The summed E-state index contributed by atoms with van der Waals surface area (Å²) in [5.41, 5.74) is 4.58. The van der Waals surface area contributed by atoms with Crippen LogP contribution in [-0.2, 0) is 23.7 Å². The number of aliphatic carboxylic acids is 1. The molecule has 2 unspecified atom stereocenters. The van der Waals surface area contributed by atoms with Gasteiger partial charge in [-0.1, -0.05) is 6.42 Å². The predicted molar refractivity (Wildman–Crippen MR) is 163 cm³/mol. The lowest BCUT2D eigenvalue weighted by Crippen LogP contribution is -2.44. The van der Waals surface area contributed by atoms with Crippen molar-refractivity contribution in [2.45, 2.75) is 44.6 Å². The zero-order valence-electron chi connectivity index (χ0n) is 24.2. The Labute approximate surface area is 244 Å². The van der Waals surface area contributed by atoms with Crippen molar-refractivity contribution in [2.75, 3.05) is 29.4 Å². The lowest BCUT2D eigenvalue weighted by molar-refractivity contribution is -0.131. The van der Waals surface area contributed by atoms with Crippen molar-refractivity contribution in [3.8, 4) is 0 Å². The first kappa shape index (κ1) is 28.0. The molecule has 2 atom stereocenters. The zero-order chi connectivity index (χ0) is 29.4. The molecular formula is C32H38N6O4. The number of nitrogens with zero attached hydrogens (tertiary/aromatic N) is 6. The predicted octanol–water partition coefficient (Wildman–Crippen LogP) is 4.36. The van der Waals surface area contributed by atoms with Gasteiger partial charge in [-0.3, -0.25) is 14.2 Å². The molecular weight excluding hydrogens is 532 g/mol. The molecule has 1 aliphatic heterocycles. The first-order chi connectivity index (χ1) is 20.3. The Hall–Kier alpha value is -4.18. The van der Waals surface area contributed by atoms with Crippen LogP contribution in [0.1, 0.15) is 44.1 Å². The summed E-state index contributed by atoms with van der Waals surface area (Å²) in [6.07, 6.45) is 10.6. The van der Waals surface area contributed by atoms with Gasteiger partial charge in [0.25, 0.3) is 0 Å². The highest BCUT2D eigenvalue weighted by molar-refractivity contribution is 6.00. The lowest BCUT2D eigenvalue weighted by Gasteiger charge is -2.38. The minimum Gasteiger partial charge on any atom is -0.478 e. The van der Waals surface area contributed by atoms with Crippen LogP contribution < -0.4 is 9.80 Å². The van der Waals surface area contributed by atoms with E-state index in [4.69, 9.17) is 0 Å². The number of fused-ring (bicyclic) bond motifs is 2. The lowest BCUT2D eigenvalue weighted by atomic mass is 9.85. The number of hydrogen-bond donors (Lipinski definition) is 2. The number of hydrogen-bond acceptors (Lipinski definition) is 6. The molecule has 42 heavy (non-hydrogen) atoms. The fourth-order valence-corrected chi connectivity index (χ4v) is 6.63. The molecule has 1 saturated heterocycles. The van der Waals surface area contributed by atoms with Gasteiger partial charge in [-0.25, -0.2) is 4.79 Å². The van der Waals surface area contributed by atoms with Crippen LogP contribution in [0.25, 0.3) is 27.9 Å². The van der Waals surface area contributed by atoms with Gasteiger partial charge in [0.15, 0.2) is 0 Å². The highest BCUT2D eigenvalue weighted by atomic mass is 16.4. The van der Waals surface area contributed by atoms with E-state index < -0.39 is 12.1 Å². The van der Waals surface area contributed by atoms with E-state index >= 15 is 0 Å². The number of carbonyl (C=O) groups excluding carboxylic acids is 1. The van der Waals surface area contributed by atoms with Crippen LogP contribution in [0.5, 0.6) is 0 Å². The second kappa shape index (κ2) is 11.6. The van der Waals surface area contributed by atoms with Crippen LogP contribution in [0.3, 0.4) is 0 Å². The molecule has 4 aromatic rings. The van der Waals surface area contributed by atoms with Gasteiger partial charge < -0.3 is 20.0 Å². The molecule has 1 amide bonds. The maximum Gasteiger partial charge on any atom is 0.328 e. The smallest absolute Gasteiger partial charge is 0.328 e. The first-order valence-electron chi connectivity index (χ1n) is 14.8. The molecule has 6 rings (SSSR count). The van der Waals surface area contributed by atoms with Gasteiger partial charge >= 0.3 is 5.97 Å². The van der Waals surface area contributed by atoms with Gasteiger partial charge in [0.05, 0.1) is 29.5 Å². The maximum absolute atomic E-state index is 14.1. The average Bonchev–Trinajstić information content (AvgIpc) is 3.56. The summed E-state index contributed by atoms with van der Waals surface area (Å²) in [6, 6.07) is 10.4. The summed E-state index contributed by atoms with van der Waals surface area (Å²) >= 11 is 0. The number of carbonyl (C=O) groups is 2. The van der Waals surface area contributed by atoms with Gasteiger partial charge in [-0.15, -0.1) is 0 Å². The number of carboxylic acids is 1. The highest BCUT2D eigenvalue weighted by Crippen LogP contribution is 2.34. The SMILES string of the molecule is Cn1ncc2cc(N3CCC(CN(C(=O)C4CCCC(O)C4)c4cc(C=CC(=O)O)c5cnn(C)c5c4)CC3)ccc21. The average molecular weight is 571 g/mol. The topological polar surface area (TPSA) is 117 Å². The van der Waals surface area contributed by atoms with E-state index in [1.165, 1.54) is 5.69 Å². The molecule has 1 aliphatic carbocycles. The number of anilines is 2. The summed E-state index contributed by atoms with van der Waals surface area (Å²) < 4.78 is 3.63. The monoisotopic (exact) mass is 570 g/mol. The second-order valence-electron chi connectivity index (χ2n) is 11.8. The fraction of sp³-hybridized carbons (Fsp3) is 0.438. The Morgan fingerprint density at radius 2 is 1.76 bits per heavy atom. The van der Waals surface area contributed by atoms with Crippen molar-refractivity contribution in [2.24, 2.45) is 25.9 Å². The maximum atomic E-state index is 14.1. The van der Waals surface area contributed by atoms with E-state index in [1.807, 2.05) is 42.0 Å². The number of aromatic nitrogens is 4. The Bertz CT molecular complexity index is 1650. The molecule has 2 aromatic heterocycles. The van der Waals surface area contributed by atoms with Crippen molar-refractivity contribution in [3.05, 3.63) is 54.4 Å². The molecule has 2 aliphatic rings. The molecule has 2 aromatic carbocycles. The summed E-state index contributed by atoms with van der Waals surface area (Å²) in [5, 5.41) is 30.4. The molecule has 0 bridgehead atoms. The Morgan fingerprint density at radius 1 is 1.00 bits per heavy atom. The number of aliphatic hydroxyl groups is 1. The summed E-state index contributed by atoms with van der Waals surface area (Å²) in [4.78, 5) is 29.8. The Morgan fingerprint density at radius 3 is 2.52 bits per heavy atom. The van der Waals surface area contributed by atoms with Gasteiger partial charge in [0, 0.05) is 67.9 Å². The number of piperidine rings is 1. The molecule has 220 valence electrons. The van der Waals surface area contributed by atoms with Crippen molar-refractivity contribution >= 4 is 51.1 Å². The van der Waals surface area contributed by atoms with Gasteiger partial charge in [-0.05, 0) is 80.0 Å². The van der Waals surface area contributed by atoms with E-state index in [0.29, 0.717) is 24.4 Å². The number of carboxylic acid groups (broad SMARTS) is 1. The zero-order valence-corrected chi connectivity index (χ0v) is 24.2. The second-order valence-corrected chi connectivity index (χ2v) is 11.8. The standard InChI is InChI=1S/C32H38N6O4/c1-35-29-8-7-25(15-24(29)18-33-35)37-12-10-21(11-13-37)20-38(32(42)23-4-3-5-27(39)16-23)26-14-22(6-9-31(40)41)28-19-34-36(2)30(28)17-26/h6-9,14-15,17-19,21,23,27,39H,3-5,10-13,16,20H2,1-2H3,(H,40,41). The molecule has 2 N–H and O–H groups in total.